The molecule has 0 aromatic heterocycles. The first-order valence-corrected chi connectivity index (χ1v) is 5.42. The van der Waals surface area contributed by atoms with Gasteiger partial charge in [0.2, 0.25) is 5.91 Å². The van der Waals surface area contributed by atoms with Crippen LogP contribution in [0.15, 0.2) is 18.2 Å². The van der Waals surface area contributed by atoms with Crippen LogP contribution in [0.25, 0.3) is 0 Å². The van der Waals surface area contributed by atoms with E-state index in [0.29, 0.717) is 13.0 Å². The van der Waals surface area contributed by atoms with Gasteiger partial charge in [0.25, 0.3) is 0 Å². The molecule has 0 saturated heterocycles. The average molecular weight is 230 g/mol. The SMILES string of the molecule is CN(CCC#N)c1ccc2c(c1)NC(=O)C2N. The molecule has 1 aliphatic heterocycles. The van der Waals surface area contributed by atoms with Gasteiger partial charge in [-0.05, 0) is 12.1 Å². The molecule has 1 unspecified atom stereocenters. The smallest absolute Gasteiger partial charge is 0.245 e. The summed E-state index contributed by atoms with van der Waals surface area (Å²) in [6, 6.07) is 7.19. The van der Waals surface area contributed by atoms with Gasteiger partial charge >= 0.3 is 0 Å². The number of carbonyl (C=O) groups excluding carboxylic acids is 1. The summed E-state index contributed by atoms with van der Waals surface area (Å²) in [7, 11) is 1.91. The van der Waals surface area contributed by atoms with Crippen molar-refractivity contribution in [2.45, 2.75) is 12.5 Å². The standard InChI is InChI=1S/C12H14N4O/c1-16(6-2-5-13)8-3-4-9-10(7-8)15-12(17)11(9)14/h3-4,7,11H,2,6,14H2,1H3,(H,15,17). The molecule has 17 heavy (non-hydrogen) atoms. The lowest BCUT2D eigenvalue weighted by Crippen LogP contribution is -2.19. The number of hydrogen-bond donors (Lipinski definition) is 2. The molecule has 0 radical (unpaired) electrons. The van der Waals surface area contributed by atoms with Gasteiger partial charge in [0.1, 0.15) is 6.04 Å². The molecule has 0 bridgehead atoms. The van der Waals surface area contributed by atoms with Gasteiger partial charge < -0.3 is 16.0 Å². The molecule has 0 aliphatic carbocycles. The number of nitrogens with one attached hydrogen (secondary N) is 1. The number of nitriles is 1. The highest BCUT2D eigenvalue weighted by Crippen LogP contribution is 2.32. The fourth-order valence-corrected chi connectivity index (χ4v) is 1.86. The number of fused-ring (bicyclic) bond motifs is 1. The van der Waals surface area contributed by atoms with Gasteiger partial charge in [-0.3, -0.25) is 4.79 Å². The van der Waals surface area contributed by atoms with E-state index in [9.17, 15) is 4.79 Å². The van der Waals surface area contributed by atoms with E-state index in [-0.39, 0.29) is 5.91 Å². The van der Waals surface area contributed by atoms with Gasteiger partial charge in [-0.25, -0.2) is 0 Å². The summed E-state index contributed by atoms with van der Waals surface area (Å²) < 4.78 is 0. The van der Waals surface area contributed by atoms with E-state index in [0.717, 1.165) is 16.9 Å². The molecule has 5 heteroatoms. The third kappa shape index (κ3) is 2.08. The van der Waals surface area contributed by atoms with Gasteiger partial charge in [0.05, 0.1) is 12.5 Å². The van der Waals surface area contributed by atoms with Crippen molar-refractivity contribution < 1.29 is 4.79 Å². The topological polar surface area (TPSA) is 82.2 Å². The Morgan fingerprint density at radius 2 is 2.35 bits per heavy atom. The van der Waals surface area contributed by atoms with Gasteiger partial charge in [-0.1, -0.05) is 6.07 Å². The number of nitrogens with zero attached hydrogens (tertiary/aromatic N) is 2. The van der Waals surface area contributed by atoms with Crippen LogP contribution >= 0.6 is 0 Å². The normalized spacial score (nSPS) is 17.2. The van der Waals surface area contributed by atoms with Crippen LogP contribution in [0.5, 0.6) is 0 Å². The molecule has 0 saturated carbocycles. The maximum absolute atomic E-state index is 11.4. The summed E-state index contributed by atoms with van der Waals surface area (Å²) >= 11 is 0. The second-order valence-electron chi connectivity index (χ2n) is 4.07. The molecule has 1 aromatic rings. The maximum Gasteiger partial charge on any atom is 0.245 e. The van der Waals surface area contributed by atoms with Crippen LogP contribution in [0.1, 0.15) is 18.0 Å². The minimum absolute atomic E-state index is 0.170. The lowest BCUT2D eigenvalue weighted by Gasteiger charge is -2.18. The molecule has 1 atom stereocenters. The minimum Gasteiger partial charge on any atom is -0.374 e. The highest BCUT2D eigenvalue weighted by atomic mass is 16.2. The first-order valence-electron chi connectivity index (χ1n) is 5.42. The quantitative estimate of drug-likeness (QED) is 0.811. The first kappa shape index (κ1) is 11.4. The van der Waals surface area contributed by atoms with Crippen LogP contribution in [-0.2, 0) is 4.79 Å². The molecular weight excluding hydrogens is 216 g/mol. The van der Waals surface area contributed by atoms with Gasteiger partial charge in [0.15, 0.2) is 0 Å². The number of benzene rings is 1. The molecule has 1 aliphatic rings. The Morgan fingerprint density at radius 3 is 3.06 bits per heavy atom. The second-order valence-corrected chi connectivity index (χ2v) is 4.07. The lowest BCUT2D eigenvalue weighted by molar-refractivity contribution is -0.116. The van der Waals surface area contributed by atoms with Crippen LogP contribution in [-0.4, -0.2) is 19.5 Å². The Balaban J connectivity index is 2.21. The van der Waals surface area contributed by atoms with Crippen LogP contribution < -0.4 is 16.0 Å². The molecule has 5 nitrogen and oxygen atoms in total. The summed E-state index contributed by atoms with van der Waals surface area (Å²) in [4.78, 5) is 13.4. The van der Waals surface area contributed by atoms with E-state index in [2.05, 4.69) is 11.4 Å². The van der Waals surface area contributed by atoms with Crippen molar-refractivity contribution in [2.24, 2.45) is 5.73 Å². The Hall–Kier alpha value is -2.06. The third-order valence-corrected chi connectivity index (χ3v) is 2.91. The molecule has 88 valence electrons. The molecule has 1 amide bonds. The Bertz CT molecular complexity index is 492. The van der Waals surface area contributed by atoms with E-state index in [4.69, 9.17) is 11.0 Å². The van der Waals surface area contributed by atoms with Crippen molar-refractivity contribution in [1.82, 2.24) is 0 Å². The van der Waals surface area contributed by atoms with Crippen LogP contribution in [0, 0.1) is 11.3 Å². The van der Waals surface area contributed by atoms with E-state index in [1.165, 1.54) is 0 Å². The second kappa shape index (κ2) is 4.44. The third-order valence-electron chi connectivity index (χ3n) is 2.91. The highest BCUT2D eigenvalue weighted by Gasteiger charge is 2.27. The molecule has 1 heterocycles. The Kier molecular flexibility index (Phi) is 2.98. The predicted molar refractivity (Wildman–Crippen MR) is 65.5 cm³/mol. The zero-order chi connectivity index (χ0) is 12.4. The number of rotatable bonds is 3. The summed E-state index contributed by atoms with van der Waals surface area (Å²) in [6.07, 6.45) is 0.472. The lowest BCUT2D eigenvalue weighted by atomic mass is 10.1. The molecular formula is C12H14N4O. The molecule has 2 rings (SSSR count). The van der Waals surface area contributed by atoms with Gasteiger partial charge in [0, 0.05) is 30.5 Å². The van der Waals surface area contributed by atoms with Crippen molar-refractivity contribution in [3.8, 4) is 6.07 Å². The molecule has 0 spiro atoms. The van der Waals surface area contributed by atoms with E-state index >= 15 is 0 Å². The molecule has 1 aromatic carbocycles. The van der Waals surface area contributed by atoms with Crippen LogP contribution in [0.3, 0.4) is 0 Å². The van der Waals surface area contributed by atoms with E-state index < -0.39 is 6.04 Å². The zero-order valence-electron chi connectivity index (χ0n) is 9.60. The first-order chi connectivity index (χ1) is 8.13. The molecule has 3 N–H and O–H groups in total. The maximum atomic E-state index is 11.4. The number of amides is 1. The van der Waals surface area contributed by atoms with Crippen molar-refractivity contribution in [3.05, 3.63) is 23.8 Å². The summed E-state index contributed by atoms with van der Waals surface area (Å²) in [5.41, 5.74) is 8.29. The molecule has 0 fully saturated rings. The fourth-order valence-electron chi connectivity index (χ4n) is 1.86. The Labute approximate surface area is 99.8 Å². The summed E-state index contributed by atoms with van der Waals surface area (Å²) in [6.45, 7) is 0.662. The highest BCUT2D eigenvalue weighted by molar-refractivity contribution is 6.02. The van der Waals surface area contributed by atoms with Crippen molar-refractivity contribution in [3.63, 3.8) is 0 Å². The van der Waals surface area contributed by atoms with Crippen molar-refractivity contribution in [1.29, 1.82) is 5.26 Å². The monoisotopic (exact) mass is 230 g/mol. The average Bonchev–Trinajstić information content (AvgIpc) is 2.61. The summed E-state index contributed by atoms with van der Waals surface area (Å²) in [5.74, 6) is -0.170. The Morgan fingerprint density at radius 1 is 1.59 bits per heavy atom. The van der Waals surface area contributed by atoms with Crippen LogP contribution in [0.2, 0.25) is 0 Å². The van der Waals surface area contributed by atoms with Gasteiger partial charge in [-0.15, -0.1) is 0 Å². The minimum atomic E-state index is -0.566. The largest absolute Gasteiger partial charge is 0.374 e. The van der Waals surface area contributed by atoms with Crippen molar-refractivity contribution >= 4 is 17.3 Å². The van der Waals surface area contributed by atoms with Crippen LogP contribution in [0.4, 0.5) is 11.4 Å². The van der Waals surface area contributed by atoms with E-state index in [1.807, 2.05) is 30.1 Å². The van der Waals surface area contributed by atoms with Gasteiger partial charge in [-0.2, -0.15) is 5.26 Å². The van der Waals surface area contributed by atoms with Crippen molar-refractivity contribution in [2.75, 3.05) is 23.8 Å². The predicted octanol–water partition coefficient (Wildman–Crippen LogP) is 0.988. The summed E-state index contributed by atoms with van der Waals surface area (Å²) in [5, 5.41) is 11.3. The zero-order valence-corrected chi connectivity index (χ0v) is 9.60. The number of carbonyl (C=O) groups is 1. The number of nitrogens with two attached hydrogens (primary N) is 1. The number of anilines is 2. The number of hydrogen-bond acceptors (Lipinski definition) is 4. The fraction of sp³-hybridized carbons (Fsp3) is 0.333. The van der Waals surface area contributed by atoms with E-state index in [1.54, 1.807) is 0 Å².